The third kappa shape index (κ3) is 2.52. The molecule has 2 unspecified atom stereocenters. The van der Waals surface area contributed by atoms with Crippen molar-refractivity contribution in [3.8, 4) is 0 Å². The summed E-state index contributed by atoms with van der Waals surface area (Å²) in [6, 6.07) is 1.06. The van der Waals surface area contributed by atoms with Crippen LogP contribution in [0.2, 0.25) is 0 Å². The predicted octanol–water partition coefficient (Wildman–Crippen LogP) is 2.66. The van der Waals surface area contributed by atoms with Gasteiger partial charge in [-0.15, -0.1) is 0 Å². The van der Waals surface area contributed by atoms with E-state index in [1.54, 1.807) is 11.8 Å². The minimum atomic E-state index is 0.385. The van der Waals surface area contributed by atoms with Crippen LogP contribution in [0.15, 0.2) is 0 Å². The molecule has 0 aromatic heterocycles. The van der Waals surface area contributed by atoms with Crippen molar-refractivity contribution < 1.29 is 4.79 Å². The van der Waals surface area contributed by atoms with Gasteiger partial charge in [0, 0.05) is 29.1 Å². The number of thioether (sulfide) groups is 1. The van der Waals surface area contributed by atoms with Crippen molar-refractivity contribution in [2.45, 2.75) is 49.0 Å². The largest absolute Gasteiger partial charge is 0.337 e. The topological polar surface area (TPSA) is 20.3 Å². The van der Waals surface area contributed by atoms with Crippen molar-refractivity contribution in [1.29, 1.82) is 0 Å². The summed E-state index contributed by atoms with van der Waals surface area (Å²) in [5, 5.41) is 0. The maximum Gasteiger partial charge on any atom is 0.223 e. The van der Waals surface area contributed by atoms with Crippen LogP contribution in [-0.4, -0.2) is 39.7 Å². The Bertz CT molecular complexity index is 235. The van der Waals surface area contributed by atoms with Crippen LogP contribution in [0.25, 0.3) is 0 Å². The maximum absolute atomic E-state index is 12.0. The molecule has 2 bridgehead atoms. The number of fused-ring (bicyclic) bond motifs is 2. The number of amides is 1. The van der Waals surface area contributed by atoms with Crippen LogP contribution in [0, 0.1) is 0 Å². The zero-order valence-electron chi connectivity index (χ0n) is 9.12. The van der Waals surface area contributed by atoms with Crippen LogP contribution < -0.4 is 0 Å². The van der Waals surface area contributed by atoms with Gasteiger partial charge in [0.25, 0.3) is 0 Å². The molecule has 2 atom stereocenters. The van der Waals surface area contributed by atoms with E-state index in [1.807, 2.05) is 0 Å². The maximum atomic E-state index is 12.0. The van der Waals surface area contributed by atoms with Gasteiger partial charge in [0.15, 0.2) is 0 Å². The van der Waals surface area contributed by atoms with Crippen molar-refractivity contribution >= 4 is 33.6 Å². The van der Waals surface area contributed by atoms with E-state index < -0.39 is 0 Å². The molecule has 1 amide bonds. The highest BCUT2D eigenvalue weighted by atomic mass is 79.9. The Labute approximate surface area is 104 Å². The number of alkyl halides is 1. The molecular formula is C11H18BrNOS. The van der Waals surface area contributed by atoms with Crippen LogP contribution in [-0.2, 0) is 4.79 Å². The minimum Gasteiger partial charge on any atom is -0.337 e. The van der Waals surface area contributed by atoms with Crippen LogP contribution in [0.5, 0.6) is 0 Å². The molecule has 0 aliphatic carbocycles. The summed E-state index contributed by atoms with van der Waals surface area (Å²) in [7, 11) is 0. The molecule has 2 fully saturated rings. The third-order valence-corrected chi connectivity index (χ3v) is 4.84. The molecule has 2 saturated heterocycles. The molecule has 2 heterocycles. The van der Waals surface area contributed by atoms with Gasteiger partial charge in [-0.25, -0.2) is 0 Å². The Morgan fingerprint density at radius 3 is 2.53 bits per heavy atom. The molecule has 86 valence electrons. The number of piperidine rings is 1. The lowest BCUT2D eigenvalue weighted by atomic mass is 10.0. The summed E-state index contributed by atoms with van der Waals surface area (Å²) >= 11 is 5.46. The van der Waals surface area contributed by atoms with Gasteiger partial charge < -0.3 is 4.90 Å². The minimum absolute atomic E-state index is 0.385. The van der Waals surface area contributed by atoms with Gasteiger partial charge in [-0.3, -0.25) is 4.79 Å². The molecule has 0 spiro atoms. The normalized spacial score (nSPS) is 34.5. The lowest BCUT2D eigenvalue weighted by molar-refractivity contribution is -0.134. The van der Waals surface area contributed by atoms with Crippen molar-refractivity contribution in [1.82, 2.24) is 4.90 Å². The molecule has 15 heavy (non-hydrogen) atoms. The van der Waals surface area contributed by atoms with Crippen molar-refractivity contribution in [3.05, 3.63) is 0 Å². The van der Waals surface area contributed by atoms with Crippen molar-refractivity contribution in [2.75, 3.05) is 12.0 Å². The second kappa shape index (κ2) is 5.09. The van der Waals surface area contributed by atoms with Gasteiger partial charge in [0.1, 0.15) is 0 Å². The monoisotopic (exact) mass is 291 g/mol. The number of rotatable bonds is 3. The quantitative estimate of drug-likeness (QED) is 0.745. The number of halogens is 1. The van der Waals surface area contributed by atoms with Crippen LogP contribution in [0.4, 0.5) is 0 Å². The number of carbonyl (C=O) groups excluding carboxylic acids is 1. The molecular weight excluding hydrogens is 274 g/mol. The summed E-state index contributed by atoms with van der Waals surface area (Å²) < 4.78 is 0. The van der Waals surface area contributed by atoms with E-state index in [-0.39, 0.29) is 0 Å². The molecule has 4 heteroatoms. The summed E-state index contributed by atoms with van der Waals surface area (Å²) in [4.78, 5) is 14.8. The van der Waals surface area contributed by atoms with E-state index >= 15 is 0 Å². The smallest absolute Gasteiger partial charge is 0.223 e. The van der Waals surface area contributed by atoms with Crippen molar-refractivity contribution in [2.24, 2.45) is 0 Å². The Kier molecular flexibility index (Phi) is 3.99. The molecule has 2 aliphatic heterocycles. The summed E-state index contributed by atoms with van der Waals surface area (Å²) in [5.74, 6) is 1.35. The number of carbonyl (C=O) groups is 1. The van der Waals surface area contributed by atoms with E-state index in [2.05, 4.69) is 27.1 Å². The first-order valence-corrected chi connectivity index (χ1v) is 7.97. The first-order chi connectivity index (χ1) is 7.22. The van der Waals surface area contributed by atoms with Gasteiger partial charge >= 0.3 is 0 Å². The van der Waals surface area contributed by atoms with Gasteiger partial charge in [0.05, 0.1) is 0 Å². The van der Waals surface area contributed by atoms with Gasteiger partial charge in [-0.2, -0.15) is 11.8 Å². The van der Waals surface area contributed by atoms with Gasteiger partial charge in [-0.05, 0) is 31.9 Å². The fourth-order valence-electron chi connectivity index (χ4n) is 2.84. The summed E-state index contributed by atoms with van der Waals surface area (Å²) in [6.07, 6.45) is 7.53. The fraction of sp³-hybridized carbons (Fsp3) is 0.909. The first-order valence-electron chi connectivity index (χ1n) is 5.66. The second-order valence-corrected chi connectivity index (χ2v) is 6.78. The Balaban J connectivity index is 1.95. The van der Waals surface area contributed by atoms with Gasteiger partial charge in [0.2, 0.25) is 5.91 Å². The zero-order valence-corrected chi connectivity index (χ0v) is 11.5. The number of hydrogen-bond acceptors (Lipinski definition) is 2. The fourth-order valence-corrected chi connectivity index (χ4v) is 4.08. The average molecular weight is 292 g/mol. The summed E-state index contributed by atoms with van der Waals surface area (Å²) in [6.45, 7) is 0. The predicted molar refractivity (Wildman–Crippen MR) is 68.6 cm³/mol. The Morgan fingerprint density at radius 1 is 1.40 bits per heavy atom. The zero-order chi connectivity index (χ0) is 10.8. The molecule has 0 radical (unpaired) electrons. The van der Waals surface area contributed by atoms with Crippen LogP contribution in [0.3, 0.4) is 0 Å². The Hall–Kier alpha value is 0.300. The Morgan fingerprint density at radius 2 is 2.00 bits per heavy atom. The molecule has 2 aliphatic rings. The van der Waals surface area contributed by atoms with Gasteiger partial charge in [-0.1, -0.05) is 15.9 Å². The second-order valence-electron chi connectivity index (χ2n) is 4.50. The van der Waals surface area contributed by atoms with Crippen LogP contribution >= 0.6 is 27.7 Å². The lowest BCUT2D eigenvalue weighted by Crippen LogP contribution is -2.46. The summed E-state index contributed by atoms with van der Waals surface area (Å²) in [5.41, 5.74) is 0. The molecule has 0 aromatic rings. The number of nitrogens with zero attached hydrogens (tertiary/aromatic N) is 1. The van der Waals surface area contributed by atoms with Crippen molar-refractivity contribution in [3.63, 3.8) is 0 Å². The number of hydrogen-bond donors (Lipinski definition) is 0. The SMILES string of the molecule is CSCCC(=O)N1C2CCC1CC(Br)C2. The molecule has 0 saturated carbocycles. The first kappa shape index (κ1) is 11.8. The van der Waals surface area contributed by atoms with Crippen LogP contribution in [0.1, 0.15) is 32.1 Å². The average Bonchev–Trinajstić information content (AvgIpc) is 2.48. The molecule has 2 nitrogen and oxygen atoms in total. The van der Waals surface area contributed by atoms with E-state index in [9.17, 15) is 4.79 Å². The standard InChI is InChI=1S/C11H18BrNOS/c1-15-5-4-11(14)13-9-2-3-10(13)7-8(12)6-9/h8-10H,2-7H2,1H3. The lowest BCUT2D eigenvalue weighted by Gasteiger charge is -2.37. The molecule has 2 rings (SSSR count). The molecule has 0 aromatic carbocycles. The molecule has 0 N–H and O–H groups in total. The van der Waals surface area contributed by atoms with E-state index in [0.717, 1.165) is 25.0 Å². The highest BCUT2D eigenvalue weighted by Gasteiger charge is 2.41. The van der Waals surface area contributed by atoms with E-state index in [1.165, 1.54) is 12.8 Å². The third-order valence-electron chi connectivity index (χ3n) is 3.48. The highest BCUT2D eigenvalue weighted by molar-refractivity contribution is 9.09. The highest BCUT2D eigenvalue weighted by Crippen LogP contribution is 2.38. The van der Waals surface area contributed by atoms with E-state index in [4.69, 9.17) is 0 Å². The van der Waals surface area contributed by atoms with E-state index in [0.29, 0.717) is 22.8 Å².